The topological polar surface area (TPSA) is 48.9 Å². The van der Waals surface area contributed by atoms with Crippen molar-refractivity contribution in [3.63, 3.8) is 0 Å². The van der Waals surface area contributed by atoms with Crippen LogP contribution in [0.5, 0.6) is 5.75 Å². The molecule has 0 amide bonds. The van der Waals surface area contributed by atoms with Gasteiger partial charge < -0.3 is 5.11 Å². The molecule has 0 aliphatic rings. The van der Waals surface area contributed by atoms with Crippen LogP contribution in [0, 0.1) is 13.8 Å². The molecule has 1 aromatic heterocycles. The van der Waals surface area contributed by atoms with E-state index in [0.29, 0.717) is 0 Å². The van der Waals surface area contributed by atoms with Crippen molar-refractivity contribution >= 4 is 0 Å². The minimum atomic E-state index is 0.274. The molecule has 2 N–H and O–H groups in total. The number of nitrogens with zero attached hydrogens (tertiary/aromatic N) is 1. The lowest BCUT2D eigenvalue weighted by atomic mass is 10.0. The van der Waals surface area contributed by atoms with Crippen molar-refractivity contribution in [1.82, 2.24) is 10.2 Å². The summed E-state index contributed by atoms with van der Waals surface area (Å²) in [5, 5.41) is 17.4. The van der Waals surface area contributed by atoms with Crippen LogP contribution in [-0.2, 0) is 0 Å². The van der Waals surface area contributed by atoms with E-state index in [2.05, 4.69) is 10.2 Å². The second-order valence-corrected chi connectivity index (χ2v) is 4.99. The van der Waals surface area contributed by atoms with E-state index in [1.165, 1.54) is 0 Å². The first kappa shape index (κ1) is 12.5. The van der Waals surface area contributed by atoms with E-state index in [1.807, 2.05) is 56.3 Å². The number of aromatic hydroxyl groups is 1. The van der Waals surface area contributed by atoms with Crippen molar-refractivity contribution in [1.29, 1.82) is 0 Å². The van der Waals surface area contributed by atoms with E-state index in [4.69, 9.17) is 0 Å². The summed E-state index contributed by atoms with van der Waals surface area (Å²) in [6.07, 6.45) is 0. The smallest absolute Gasteiger partial charge is 0.125 e. The number of H-pyrrole nitrogens is 1. The molecule has 0 spiro atoms. The normalized spacial score (nSPS) is 10.7. The number of rotatable bonds is 2. The standard InChI is InChI=1S/C17H16N2O/c1-11-8-14(17(20)9-12(11)2)16-10-15(18-19-16)13-6-4-3-5-7-13/h3-10,20H,1-2H3,(H,18,19). The van der Waals surface area contributed by atoms with Crippen molar-refractivity contribution in [3.05, 3.63) is 59.7 Å². The Morgan fingerprint density at radius 1 is 0.950 bits per heavy atom. The van der Waals surface area contributed by atoms with Gasteiger partial charge in [-0.1, -0.05) is 30.3 Å². The van der Waals surface area contributed by atoms with Gasteiger partial charge in [-0.25, -0.2) is 0 Å². The molecule has 2 aromatic carbocycles. The molecule has 3 heteroatoms. The molecule has 1 heterocycles. The van der Waals surface area contributed by atoms with E-state index in [1.54, 1.807) is 6.07 Å². The van der Waals surface area contributed by atoms with Gasteiger partial charge in [-0.05, 0) is 43.2 Å². The van der Waals surface area contributed by atoms with Crippen LogP contribution in [0.4, 0.5) is 0 Å². The summed E-state index contributed by atoms with van der Waals surface area (Å²) >= 11 is 0. The SMILES string of the molecule is Cc1cc(O)c(-c2cc(-c3ccccc3)n[nH]2)cc1C. The lowest BCUT2D eigenvalue weighted by Gasteiger charge is -2.06. The summed E-state index contributed by atoms with van der Waals surface area (Å²) in [5.74, 6) is 0.274. The molecule has 0 saturated heterocycles. The maximum absolute atomic E-state index is 10.1. The third-order valence-electron chi connectivity index (χ3n) is 3.55. The van der Waals surface area contributed by atoms with Gasteiger partial charge in [-0.3, -0.25) is 5.10 Å². The molecular weight excluding hydrogens is 248 g/mol. The Morgan fingerprint density at radius 3 is 2.40 bits per heavy atom. The van der Waals surface area contributed by atoms with E-state index in [0.717, 1.165) is 33.6 Å². The summed E-state index contributed by atoms with van der Waals surface area (Å²) in [6.45, 7) is 4.02. The van der Waals surface area contributed by atoms with E-state index < -0.39 is 0 Å². The van der Waals surface area contributed by atoms with Gasteiger partial charge in [0.2, 0.25) is 0 Å². The highest BCUT2D eigenvalue weighted by atomic mass is 16.3. The fourth-order valence-electron chi connectivity index (χ4n) is 2.23. The van der Waals surface area contributed by atoms with Crippen LogP contribution in [-0.4, -0.2) is 15.3 Å². The minimum absolute atomic E-state index is 0.274. The van der Waals surface area contributed by atoms with Crippen molar-refractivity contribution in [3.8, 4) is 28.3 Å². The number of phenols is 1. The number of hydrogen-bond acceptors (Lipinski definition) is 2. The number of hydrogen-bond donors (Lipinski definition) is 2. The second-order valence-electron chi connectivity index (χ2n) is 4.99. The molecule has 20 heavy (non-hydrogen) atoms. The average molecular weight is 264 g/mol. The van der Waals surface area contributed by atoms with Crippen LogP contribution in [0.15, 0.2) is 48.5 Å². The zero-order valence-corrected chi connectivity index (χ0v) is 11.5. The van der Waals surface area contributed by atoms with Crippen LogP contribution in [0.1, 0.15) is 11.1 Å². The van der Waals surface area contributed by atoms with Gasteiger partial charge in [-0.15, -0.1) is 0 Å². The first-order valence-corrected chi connectivity index (χ1v) is 6.56. The Bertz CT molecular complexity index is 745. The van der Waals surface area contributed by atoms with Crippen LogP contribution in [0.3, 0.4) is 0 Å². The molecular formula is C17H16N2O. The highest BCUT2D eigenvalue weighted by Gasteiger charge is 2.10. The Morgan fingerprint density at radius 2 is 1.65 bits per heavy atom. The fourth-order valence-corrected chi connectivity index (χ4v) is 2.23. The Balaban J connectivity index is 2.05. The van der Waals surface area contributed by atoms with Crippen LogP contribution in [0.2, 0.25) is 0 Å². The number of nitrogens with one attached hydrogen (secondary N) is 1. The Hall–Kier alpha value is -2.55. The van der Waals surface area contributed by atoms with Crippen molar-refractivity contribution in [2.75, 3.05) is 0 Å². The fraction of sp³-hybridized carbons (Fsp3) is 0.118. The third-order valence-corrected chi connectivity index (χ3v) is 3.55. The minimum Gasteiger partial charge on any atom is -0.507 e. The highest BCUT2D eigenvalue weighted by molar-refractivity contribution is 5.73. The van der Waals surface area contributed by atoms with Gasteiger partial charge in [0.25, 0.3) is 0 Å². The molecule has 0 aliphatic heterocycles. The summed E-state index contributed by atoms with van der Waals surface area (Å²) in [5.41, 5.74) is 5.76. The summed E-state index contributed by atoms with van der Waals surface area (Å²) < 4.78 is 0. The molecule has 0 fully saturated rings. The number of benzene rings is 2. The monoisotopic (exact) mass is 264 g/mol. The van der Waals surface area contributed by atoms with Gasteiger partial charge in [0.05, 0.1) is 11.4 Å². The lowest BCUT2D eigenvalue weighted by Crippen LogP contribution is -1.85. The van der Waals surface area contributed by atoms with Gasteiger partial charge in [0.15, 0.2) is 0 Å². The molecule has 0 unspecified atom stereocenters. The van der Waals surface area contributed by atoms with E-state index in [-0.39, 0.29) is 5.75 Å². The van der Waals surface area contributed by atoms with Crippen LogP contribution < -0.4 is 0 Å². The number of phenolic OH excluding ortho intramolecular Hbond substituents is 1. The molecule has 3 aromatic rings. The number of aromatic nitrogens is 2. The molecule has 0 atom stereocenters. The molecule has 100 valence electrons. The highest BCUT2D eigenvalue weighted by Crippen LogP contribution is 2.32. The number of aryl methyl sites for hydroxylation is 2. The number of aromatic amines is 1. The van der Waals surface area contributed by atoms with Gasteiger partial charge in [0.1, 0.15) is 5.75 Å². The summed E-state index contributed by atoms with van der Waals surface area (Å²) in [4.78, 5) is 0. The zero-order chi connectivity index (χ0) is 14.1. The quantitative estimate of drug-likeness (QED) is 0.733. The summed E-state index contributed by atoms with van der Waals surface area (Å²) in [7, 11) is 0. The van der Waals surface area contributed by atoms with Crippen LogP contribution in [0.25, 0.3) is 22.5 Å². The van der Waals surface area contributed by atoms with Gasteiger partial charge >= 0.3 is 0 Å². The molecule has 0 aliphatic carbocycles. The van der Waals surface area contributed by atoms with Crippen LogP contribution >= 0.6 is 0 Å². The largest absolute Gasteiger partial charge is 0.507 e. The van der Waals surface area contributed by atoms with Gasteiger partial charge in [0, 0.05) is 11.1 Å². The second kappa shape index (κ2) is 4.85. The zero-order valence-electron chi connectivity index (χ0n) is 11.5. The molecule has 0 bridgehead atoms. The third kappa shape index (κ3) is 2.18. The van der Waals surface area contributed by atoms with Crippen molar-refractivity contribution < 1.29 is 5.11 Å². The van der Waals surface area contributed by atoms with Crippen molar-refractivity contribution in [2.45, 2.75) is 13.8 Å². The molecule has 3 nitrogen and oxygen atoms in total. The maximum Gasteiger partial charge on any atom is 0.125 e. The van der Waals surface area contributed by atoms with E-state index in [9.17, 15) is 5.11 Å². The summed E-state index contributed by atoms with van der Waals surface area (Å²) in [6, 6.07) is 15.7. The Labute approximate surface area is 117 Å². The maximum atomic E-state index is 10.1. The lowest BCUT2D eigenvalue weighted by molar-refractivity contribution is 0.476. The predicted molar refractivity (Wildman–Crippen MR) is 80.6 cm³/mol. The molecule has 0 radical (unpaired) electrons. The Kier molecular flexibility index (Phi) is 3.03. The van der Waals surface area contributed by atoms with E-state index >= 15 is 0 Å². The molecule has 0 saturated carbocycles. The average Bonchev–Trinajstić information content (AvgIpc) is 2.93. The molecule has 3 rings (SSSR count). The predicted octanol–water partition coefficient (Wildman–Crippen LogP) is 4.07. The van der Waals surface area contributed by atoms with Crippen molar-refractivity contribution in [2.24, 2.45) is 0 Å². The first-order valence-electron chi connectivity index (χ1n) is 6.56. The van der Waals surface area contributed by atoms with Gasteiger partial charge in [-0.2, -0.15) is 5.10 Å². The first-order chi connectivity index (χ1) is 9.65.